The second kappa shape index (κ2) is 7.05. The van der Waals surface area contributed by atoms with Gasteiger partial charge in [-0.3, -0.25) is 0 Å². The molecule has 0 saturated heterocycles. The number of rotatable bonds is 5. The predicted octanol–water partition coefficient (Wildman–Crippen LogP) is 4.25. The molecule has 0 spiro atoms. The van der Waals surface area contributed by atoms with Gasteiger partial charge in [0.2, 0.25) is 0 Å². The van der Waals surface area contributed by atoms with Gasteiger partial charge in [-0.15, -0.1) is 11.8 Å². The fraction of sp³-hybridized carbons (Fsp3) is 0.143. The lowest BCUT2D eigenvalue weighted by Crippen LogP contribution is -2.08. The number of hydrogen-bond donors (Lipinski definition) is 1. The third kappa shape index (κ3) is 4.64. The molecule has 0 unspecified atom stereocenters. The summed E-state index contributed by atoms with van der Waals surface area (Å²) in [6.07, 6.45) is 0. The molecule has 0 aliphatic heterocycles. The van der Waals surface area contributed by atoms with Crippen LogP contribution in [0.15, 0.2) is 56.7 Å². The Morgan fingerprint density at radius 3 is 2.48 bits per heavy atom. The van der Waals surface area contributed by atoms with Crippen LogP contribution in [-0.2, 0) is 9.84 Å². The number of sulfone groups is 1. The molecule has 0 saturated carbocycles. The van der Waals surface area contributed by atoms with Crippen molar-refractivity contribution in [3.63, 3.8) is 0 Å². The Balaban J connectivity index is 2.02. The lowest BCUT2D eigenvalue weighted by Gasteiger charge is -2.07. The summed E-state index contributed by atoms with van der Waals surface area (Å²) < 4.78 is 25.2. The highest BCUT2D eigenvalue weighted by Crippen LogP contribution is 2.29. The molecule has 112 valence electrons. The number of nitrogens with two attached hydrogens (primary N) is 1. The van der Waals surface area contributed by atoms with Crippen LogP contribution in [0.5, 0.6) is 0 Å². The molecule has 0 aromatic heterocycles. The average molecular weight is 407 g/mol. The van der Waals surface area contributed by atoms with Crippen LogP contribution in [0.1, 0.15) is 0 Å². The zero-order valence-electron chi connectivity index (χ0n) is 10.9. The summed E-state index contributed by atoms with van der Waals surface area (Å²) in [6.45, 7) is 0. The van der Waals surface area contributed by atoms with Crippen LogP contribution in [-0.4, -0.2) is 19.9 Å². The van der Waals surface area contributed by atoms with Crippen LogP contribution in [0.2, 0.25) is 5.02 Å². The highest BCUT2D eigenvalue weighted by Gasteiger charge is 2.14. The molecular formula is C14H13BrClNO2S2. The van der Waals surface area contributed by atoms with Crippen molar-refractivity contribution in [2.75, 3.05) is 17.2 Å². The van der Waals surface area contributed by atoms with Gasteiger partial charge in [0.1, 0.15) is 0 Å². The Morgan fingerprint density at radius 1 is 1.14 bits per heavy atom. The van der Waals surface area contributed by atoms with Crippen molar-refractivity contribution >= 4 is 54.8 Å². The summed E-state index contributed by atoms with van der Waals surface area (Å²) in [7, 11) is -3.29. The fourth-order valence-corrected chi connectivity index (χ4v) is 4.84. The lowest BCUT2D eigenvalue weighted by molar-refractivity contribution is 0.597. The van der Waals surface area contributed by atoms with Crippen LogP contribution in [0, 0.1) is 0 Å². The van der Waals surface area contributed by atoms with Crippen molar-refractivity contribution in [3.8, 4) is 0 Å². The Bertz CT molecular complexity index is 733. The van der Waals surface area contributed by atoms with Crippen molar-refractivity contribution in [3.05, 3.63) is 52.0 Å². The van der Waals surface area contributed by atoms with Crippen molar-refractivity contribution in [1.82, 2.24) is 0 Å². The molecule has 0 fully saturated rings. The van der Waals surface area contributed by atoms with E-state index >= 15 is 0 Å². The Morgan fingerprint density at radius 2 is 1.81 bits per heavy atom. The van der Waals surface area contributed by atoms with E-state index in [-0.39, 0.29) is 5.75 Å². The summed E-state index contributed by atoms with van der Waals surface area (Å²) in [5.41, 5.74) is 6.30. The highest BCUT2D eigenvalue weighted by atomic mass is 79.9. The smallest absolute Gasteiger partial charge is 0.179 e. The number of halogens is 2. The molecule has 0 amide bonds. The standard InChI is InChI=1S/C14H13BrClNO2S2/c15-10-1-4-12(5-2-10)21(18,19)8-7-20-14-9-11(17)3-6-13(14)16/h1-6,9H,7-8,17H2. The number of hydrogen-bond acceptors (Lipinski definition) is 4. The van der Waals surface area contributed by atoms with Crippen molar-refractivity contribution in [1.29, 1.82) is 0 Å². The summed E-state index contributed by atoms with van der Waals surface area (Å²) in [5, 5.41) is 0.579. The lowest BCUT2D eigenvalue weighted by atomic mass is 10.3. The largest absolute Gasteiger partial charge is 0.399 e. The topological polar surface area (TPSA) is 60.2 Å². The quantitative estimate of drug-likeness (QED) is 0.595. The van der Waals surface area contributed by atoms with E-state index in [1.165, 1.54) is 11.8 Å². The first-order chi connectivity index (χ1) is 9.88. The Labute approximate surface area is 141 Å². The monoisotopic (exact) mass is 405 g/mol. The molecule has 21 heavy (non-hydrogen) atoms. The second-order valence-corrected chi connectivity index (χ2v) is 8.88. The third-order valence-corrected chi connectivity index (χ3v) is 6.76. The van der Waals surface area contributed by atoms with Gasteiger partial charge in [0, 0.05) is 20.8 Å². The van der Waals surface area contributed by atoms with Crippen LogP contribution >= 0.6 is 39.3 Å². The minimum Gasteiger partial charge on any atom is -0.399 e. The van der Waals surface area contributed by atoms with E-state index in [2.05, 4.69) is 15.9 Å². The first-order valence-electron chi connectivity index (χ1n) is 6.04. The van der Waals surface area contributed by atoms with E-state index in [0.717, 1.165) is 9.37 Å². The average Bonchev–Trinajstić information content (AvgIpc) is 2.43. The van der Waals surface area contributed by atoms with Crippen LogP contribution < -0.4 is 5.73 Å². The first kappa shape index (κ1) is 16.7. The van der Waals surface area contributed by atoms with Crippen LogP contribution in [0.4, 0.5) is 5.69 Å². The van der Waals surface area contributed by atoms with Crippen LogP contribution in [0.25, 0.3) is 0 Å². The zero-order chi connectivity index (χ0) is 15.5. The van der Waals surface area contributed by atoms with Crippen molar-refractivity contribution in [2.24, 2.45) is 0 Å². The van der Waals surface area contributed by atoms with Gasteiger partial charge in [-0.1, -0.05) is 27.5 Å². The molecule has 2 rings (SSSR count). The maximum Gasteiger partial charge on any atom is 0.179 e. The van der Waals surface area contributed by atoms with Crippen molar-refractivity contribution in [2.45, 2.75) is 9.79 Å². The summed E-state index contributed by atoms with van der Waals surface area (Å²) in [4.78, 5) is 1.12. The van der Waals surface area contributed by atoms with Gasteiger partial charge in [0.05, 0.1) is 15.7 Å². The maximum atomic E-state index is 12.2. The number of anilines is 1. The number of thioether (sulfide) groups is 1. The molecule has 0 atom stereocenters. The van der Waals surface area contributed by atoms with E-state index in [1.54, 1.807) is 42.5 Å². The third-order valence-electron chi connectivity index (χ3n) is 2.74. The molecule has 0 aliphatic carbocycles. The minimum absolute atomic E-state index is 0.0461. The van der Waals surface area contributed by atoms with E-state index < -0.39 is 9.84 Å². The molecule has 0 heterocycles. The zero-order valence-corrected chi connectivity index (χ0v) is 14.9. The predicted molar refractivity (Wildman–Crippen MR) is 92.8 cm³/mol. The fourth-order valence-electron chi connectivity index (χ4n) is 1.65. The summed E-state index contributed by atoms with van der Waals surface area (Å²) in [5.74, 6) is 0.464. The van der Waals surface area contributed by atoms with Crippen molar-refractivity contribution < 1.29 is 8.42 Å². The molecule has 2 N–H and O–H groups in total. The summed E-state index contributed by atoms with van der Waals surface area (Å²) >= 11 is 10.7. The molecule has 2 aromatic carbocycles. The van der Waals surface area contributed by atoms with Gasteiger partial charge < -0.3 is 5.73 Å². The normalized spacial score (nSPS) is 11.5. The molecule has 0 aliphatic rings. The highest BCUT2D eigenvalue weighted by molar-refractivity contribution is 9.10. The minimum atomic E-state index is -3.29. The van der Waals surface area contributed by atoms with Gasteiger partial charge in [-0.25, -0.2) is 8.42 Å². The molecule has 3 nitrogen and oxygen atoms in total. The van der Waals surface area contributed by atoms with E-state index in [1.807, 2.05) is 0 Å². The van der Waals surface area contributed by atoms with Gasteiger partial charge in [-0.05, 0) is 42.5 Å². The Kier molecular flexibility index (Phi) is 5.60. The molecule has 2 aromatic rings. The van der Waals surface area contributed by atoms with E-state index in [0.29, 0.717) is 21.4 Å². The van der Waals surface area contributed by atoms with E-state index in [9.17, 15) is 8.42 Å². The van der Waals surface area contributed by atoms with Crippen LogP contribution in [0.3, 0.4) is 0 Å². The molecule has 0 bridgehead atoms. The Hall–Kier alpha value is -0.690. The number of nitrogen functional groups attached to an aromatic ring is 1. The van der Waals surface area contributed by atoms with Gasteiger partial charge >= 0.3 is 0 Å². The summed E-state index contributed by atoms with van der Waals surface area (Å²) in [6, 6.07) is 11.8. The maximum absolute atomic E-state index is 12.2. The van der Waals surface area contributed by atoms with E-state index in [4.69, 9.17) is 17.3 Å². The molecule has 0 radical (unpaired) electrons. The van der Waals surface area contributed by atoms with Gasteiger partial charge in [0.15, 0.2) is 9.84 Å². The SMILES string of the molecule is Nc1ccc(Cl)c(SCCS(=O)(=O)c2ccc(Br)cc2)c1. The van der Waals surface area contributed by atoms with Gasteiger partial charge in [-0.2, -0.15) is 0 Å². The number of benzene rings is 2. The first-order valence-corrected chi connectivity index (χ1v) is 9.85. The molecular weight excluding hydrogens is 394 g/mol. The second-order valence-electron chi connectivity index (χ2n) is 4.31. The molecule has 7 heteroatoms. The van der Waals surface area contributed by atoms with Gasteiger partial charge in [0.25, 0.3) is 0 Å².